The van der Waals surface area contributed by atoms with Gasteiger partial charge in [0, 0.05) is 12.3 Å². The maximum atomic E-state index is 10.4. The summed E-state index contributed by atoms with van der Waals surface area (Å²) < 4.78 is 11.9. The zero-order valence-electron chi connectivity index (χ0n) is 15.3. The summed E-state index contributed by atoms with van der Waals surface area (Å²) in [5.41, 5.74) is 4.61. The molecule has 1 N–H and O–H groups in total. The number of hydrogen-bond acceptors (Lipinski definition) is 5. The van der Waals surface area contributed by atoms with E-state index in [1.54, 1.807) is 25.5 Å². The van der Waals surface area contributed by atoms with Crippen LogP contribution >= 0.6 is 15.9 Å². The molecule has 1 aromatic heterocycles. The largest absolute Gasteiger partial charge is 0.507 e. The summed E-state index contributed by atoms with van der Waals surface area (Å²) in [6.07, 6.45) is 1.72. The average molecular weight is 437 g/mol. The molecule has 5 nitrogen and oxygen atoms in total. The van der Waals surface area contributed by atoms with Crippen molar-refractivity contribution < 1.29 is 14.3 Å². The molecular weight excluding hydrogens is 420 g/mol. The molecule has 0 saturated heterocycles. The molecule has 0 unspecified atom stereocenters. The number of oxazole rings is 1. The Bertz CT molecular complexity index is 1200. The number of aromatic hydroxyl groups is 1. The van der Waals surface area contributed by atoms with Crippen LogP contribution in [-0.2, 0) is 0 Å². The predicted octanol–water partition coefficient (Wildman–Crippen LogP) is 6.03. The number of ether oxygens (including phenoxy) is 1. The van der Waals surface area contributed by atoms with E-state index in [9.17, 15) is 5.11 Å². The second-order valence-electron chi connectivity index (χ2n) is 6.34. The number of aryl methyl sites for hydroxylation is 1. The van der Waals surface area contributed by atoms with Crippen molar-refractivity contribution in [1.29, 1.82) is 0 Å². The molecule has 28 heavy (non-hydrogen) atoms. The predicted molar refractivity (Wildman–Crippen MR) is 114 cm³/mol. The first-order chi connectivity index (χ1) is 13.5. The highest BCUT2D eigenvalue weighted by molar-refractivity contribution is 9.10. The second-order valence-corrected chi connectivity index (χ2v) is 7.20. The standard InChI is InChI=1S/C22H17BrN2O3/c1-13-3-7-18-21(9-13)28-22(25-18)16-6-5-15(11-19(16)26)24-12-14-4-8-20(27-2)17(23)10-14/h3-12,26H,1-2H3. The van der Waals surface area contributed by atoms with Gasteiger partial charge in [0.15, 0.2) is 5.58 Å². The quantitative estimate of drug-likeness (QED) is 0.396. The van der Waals surface area contributed by atoms with Gasteiger partial charge >= 0.3 is 0 Å². The first kappa shape index (κ1) is 18.3. The fourth-order valence-corrected chi connectivity index (χ4v) is 3.40. The number of aliphatic imine (C=N–C) groups is 1. The molecule has 1 heterocycles. The third kappa shape index (κ3) is 3.64. The SMILES string of the molecule is COc1ccc(C=Nc2ccc(-c3nc4ccc(C)cc4o3)c(O)c2)cc1Br. The molecule has 0 aliphatic rings. The van der Waals surface area contributed by atoms with Crippen LogP contribution in [0.1, 0.15) is 11.1 Å². The van der Waals surface area contributed by atoms with Crippen molar-refractivity contribution in [2.45, 2.75) is 6.92 Å². The van der Waals surface area contributed by atoms with Crippen molar-refractivity contribution in [3.05, 3.63) is 70.2 Å². The fourth-order valence-electron chi connectivity index (χ4n) is 2.84. The number of rotatable bonds is 4. The van der Waals surface area contributed by atoms with Gasteiger partial charge in [-0.25, -0.2) is 4.98 Å². The Labute approximate surface area is 170 Å². The molecule has 6 heteroatoms. The number of fused-ring (bicyclic) bond motifs is 1. The summed E-state index contributed by atoms with van der Waals surface area (Å²) in [4.78, 5) is 8.88. The average Bonchev–Trinajstić information content (AvgIpc) is 3.09. The van der Waals surface area contributed by atoms with E-state index in [1.165, 1.54) is 0 Å². The van der Waals surface area contributed by atoms with Gasteiger partial charge in [-0.1, -0.05) is 6.07 Å². The Hall–Kier alpha value is -3.12. The van der Waals surface area contributed by atoms with Crippen molar-refractivity contribution in [1.82, 2.24) is 4.98 Å². The minimum atomic E-state index is 0.0637. The van der Waals surface area contributed by atoms with Crippen LogP contribution in [0.4, 0.5) is 5.69 Å². The number of methoxy groups -OCH3 is 1. The zero-order chi connectivity index (χ0) is 19.7. The Kier molecular flexibility index (Phi) is 4.88. The molecule has 0 atom stereocenters. The molecule has 4 aromatic rings. The molecule has 0 radical (unpaired) electrons. The Morgan fingerprint density at radius 3 is 2.71 bits per heavy atom. The molecule has 0 aliphatic heterocycles. The zero-order valence-corrected chi connectivity index (χ0v) is 16.9. The number of aromatic nitrogens is 1. The van der Waals surface area contributed by atoms with Crippen LogP contribution in [0.5, 0.6) is 11.5 Å². The van der Waals surface area contributed by atoms with Gasteiger partial charge in [0.2, 0.25) is 5.89 Å². The molecule has 140 valence electrons. The third-order valence-corrected chi connectivity index (χ3v) is 4.91. The number of benzene rings is 3. The van der Waals surface area contributed by atoms with Crippen molar-refractivity contribution in [3.8, 4) is 23.0 Å². The van der Waals surface area contributed by atoms with Gasteiger partial charge < -0.3 is 14.3 Å². The van der Waals surface area contributed by atoms with Crippen LogP contribution in [0.2, 0.25) is 0 Å². The minimum absolute atomic E-state index is 0.0637. The van der Waals surface area contributed by atoms with Crippen LogP contribution < -0.4 is 4.74 Å². The fraction of sp³-hybridized carbons (Fsp3) is 0.0909. The van der Waals surface area contributed by atoms with Crippen molar-refractivity contribution in [2.75, 3.05) is 7.11 Å². The number of hydrogen-bond donors (Lipinski definition) is 1. The lowest BCUT2D eigenvalue weighted by Crippen LogP contribution is -1.87. The highest BCUT2D eigenvalue weighted by atomic mass is 79.9. The highest BCUT2D eigenvalue weighted by Crippen LogP contribution is 2.34. The van der Waals surface area contributed by atoms with Gasteiger partial charge in [0.1, 0.15) is 17.0 Å². The lowest BCUT2D eigenvalue weighted by molar-refractivity contribution is 0.412. The van der Waals surface area contributed by atoms with Gasteiger partial charge in [-0.15, -0.1) is 0 Å². The van der Waals surface area contributed by atoms with Crippen LogP contribution in [0.25, 0.3) is 22.6 Å². The first-order valence-corrected chi connectivity index (χ1v) is 9.41. The van der Waals surface area contributed by atoms with Gasteiger partial charge in [-0.3, -0.25) is 4.99 Å². The molecule has 0 bridgehead atoms. The second kappa shape index (κ2) is 7.48. The van der Waals surface area contributed by atoms with Crippen LogP contribution in [0.15, 0.2) is 68.5 Å². The van der Waals surface area contributed by atoms with E-state index >= 15 is 0 Å². The Balaban J connectivity index is 1.61. The summed E-state index contributed by atoms with van der Waals surface area (Å²) in [6.45, 7) is 1.99. The minimum Gasteiger partial charge on any atom is -0.507 e. The van der Waals surface area contributed by atoms with Gasteiger partial charge in [-0.2, -0.15) is 0 Å². The summed E-state index contributed by atoms with van der Waals surface area (Å²) in [5, 5.41) is 10.4. The number of phenolic OH excluding ortho intramolecular Hbond substituents is 1. The van der Waals surface area contributed by atoms with Crippen molar-refractivity contribution in [2.24, 2.45) is 4.99 Å². The lowest BCUT2D eigenvalue weighted by Gasteiger charge is -2.04. The van der Waals surface area contributed by atoms with Gasteiger partial charge in [-0.05, 0) is 76.4 Å². The Morgan fingerprint density at radius 1 is 1.11 bits per heavy atom. The Morgan fingerprint density at radius 2 is 1.96 bits per heavy atom. The molecule has 3 aromatic carbocycles. The van der Waals surface area contributed by atoms with E-state index in [0.29, 0.717) is 22.7 Å². The number of phenols is 1. The number of halogens is 1. The van der Waals surface area contributed by atoms with Gasteiger partial charge in [0.25, 0.3) is 0 Å². The lowest BCUT2D eigenvalue weighted by atomic mass is 10.2. The summed E-state index contributed by atoms with van der Waals surface area (Å²) >= 11 is 3.46. The summed E-state index contributed by atoms with van der Waals surface area (Å²) in [6, 6.07) is 16.6. The monoisotopic (exact) mass is 436 g/mol. The molecule has 0 aliphatic carbocycles. The first-order valence-electron chi connectivity index (χ1n) is 8.62. The maximum absolute atomic E-state index is 10.4. The van der Waals surface area contributed by atoms with E-state index < -0.39 is 0 Å². The van der Waals surface area contributed by atoms with Gasteiger partial charge in [0.05, 0.1) is 22.8 Å². The van der Waals surface area contributed by atoms with E-state index in [-0.39, 0.29) is 5.75 Å². The molecule has 4 rings (SSSR count). The van der Waals surface area contributed by atoms with Crippen LogP contribution in [-0.4, -0.2) is 23.4 Å². The molecular formula is C22H17BrN2O3. The topological polar surface area (TPSA) is 67.9 Å². The molecule has 0 fully saturated rings. The summed E-state index contributed by atoms with van der Waals surface area (Å²) in [5.74, 6) is 1.20. The smallest absolute Gasteiger partial charge is 0.231 e. The van der Waals surface area contributed by atoms with Crippen molar-refractivity contribution >= 4 is 38.9 Å². The van der Waals surface area contributed by atoms with Crippen LogP contribution in [0, 0.1) is 6.92 Å². The van der Waals surface area contributed by atoms with Crippen molar-refractivity contribution in [3.63, 3.8) is 0 Å². The van der Waals surface area contributed by atoms with E-state index in [0.717, 1.165) is 26.9 Å². The normalized spacial score (nSPS) is 11.4. The van der Waals surface area contributed by atoms with E-state index in [4.69, 9.17) is 9.15 Å². The molecule has 0 spiro atoms. The molecule has 0 amide bonds. The molecule has 0 saturated carbocycles. The summed E-state index contributed by atoms with van der Waals surface area (Å²) in [7, 11) is 1.62. The van der Waals surface area contributed by atoms with Crippen LogP contribution in [0.3, 0.4) is 0 Å². The van der Waals surface area contributed by atoms with E-state index in [1.807, 2.05) is 49.4 Å². The van der Waals surface area contributed by atoms with E-state index in [2.05, 4.69) is 25.9 Å². The number of nitrogens with zero attached hydrogens (tertiary/aromatic N) is 2. The maximum Gasteiger partial charge on any atom is 0.231 e. The third-order valence-electron chi connectivity index (χ3n) is 4.29. The highest BCUT2D eigenvalue weighted by Gasteiger charge is 2.13.